The first kappa shape index (κ1) is 64.4. The average Bonchev–Trinajstić information content (AvgIpc) is 4.16. The Bertz CT molecular complexity index is 2780. The summed E-state index contributed by atoms with van der Waals surface area (Å²) in [4.78, 5) is 65.3. The fraction of sp³-hybridized carbons (Fsp3) is 0.308. The Morgan fingerprint density at radius 2 is 0.944 bits per heavy atom. The van der Waals surface area contributed by atoms with Crippen molar-refractivity contribution in [2.45, 2.75) is 53.2 Å². The topological polar surface area (TPSA) is 264 Å². The van der Waals surface area contributed by atoms with Crippen molar-refractivity contribution in [3.05, 3.63) is 150 Å². The number of nitrogens with zero attached hydrogens (tertiary/aromatic N) is 12. The third-order valence-corrected chi connectivity index (χ3v) is 13.7. The molecule has 7 aromatic heterocycles. The fourth-order valence-electron chi connectivity index (χ4n) is 4.80. The first-order valence-corrected chi connectivity index (χ1v) is 27.0. The summed E-state index contributed by atoms with van der Waals surface area (Å²) in [6.45, 7) is 12.7. The molecule has 7 rings (SSSR count). The number of halogens is 9. The lowest BCUT2D eigenvalue weighted by Crippen LogP contribution is -2.23. The van der Waals surface area contributed by atoms with E-state index in [1.54, 1.807) is 35.8 Å². The molecule has 72 heavy (non-hydrogen) atoms. The fourth-order valence-corrected chi connectivity index (χ4v) is 9.57. The van der Waals surface area contributed by atoms with E-state index >= 15 is 0 Å². The molecule has 0 saturated carbocycles. The second-order valence-corrected chi connectivity index (χ2v) is 21.4. The molecule has 0 spiro atoms. The Balaban J connectivity index is 0.000000317. The van der Waals surface area contributed by atoms with Crippen molar-refractivity contribution in [1.82, 2.24) is 40.2 Å². The Morgan fingerprint density at radius 1 is 0.556 bits per heavy atom. The van der Waals surface area contributed by atoms with Crippen molar-refractivity contribution in [3.8, 4) is 0 Å². The van der Waals surface area contributed by atoms with E-state index in [1.807, 2.05) is 25.7 Å². The number of nitrogens with two attached hydrogens (primary N) is 1. The summed E-state index contributed by atoms with van der Waals surface area (Å²) in [7, 11) is 0. The van der Waals surface area contributed by atoms with Crippen molar-refractivity contribution in [1.29, 1.82) is 0 Å². The molecule has 0 aliphatic rings. The first-order valence-electron chi connectivity index (χ1n) is 20.2. The highest BCUT2D eigenvalue weighted by atomic mass is 35.5. The van der Waals surface area contributed by atoms with Crippen LogP contribution in [0.4, 0.5) is 28.7 Å². The van der Waals surface area contributed by atoms with E-state index in [0.717, 1.165) is 34.3 Å². The highest BCUT2D eigenvalue weighted by Gasteiger charge is 2.22. The van der Waals surface area contributed by atoms with Crippen LogP contribution in [-0.4, -0.2) is 75.8 Å². The quantitative estimate of drug-likeness (QED) is 0.0418. The second kappa shape index (κ2) is 34.7. The predicted octanol–water partition coefficient (Wildman–Crippen LogP) is 14.3. The highest BCUT2D eigenvalue weighted by molar-refractivity contribution is 7.16. The minimum atomic E-state index is -0.619. The van der Waals surface area contributed by atoms with Crippen LogP contribution in [0, 0.1) is 30.3 Å². The number of hydrogen-bond acceptors (Lipinski definition) is 21. The molecule has 0 amide bonds. The van der Waals surface area contributed by atoms with Crippen molar-refractivity contribution in [3.63, 3.8) is 0 Å². The molecule has 7 heterocycles. The third-order valence-electron chi connectivity index (χ3n) is 7.88. The number of anilines is 2. The van der Waals surface area contributed by atoms with Gasteiger partial charge in [0.15, 0.2) is 17.9 Å². The summed E-state index contributed by atoms with van der Waals surface area (Å²) < 4.78 is 2.09. The van der Waals surface area contributed by atoms with Gasteiger partial charge in [0.25, 0.3) is 0 Å². The minimum absolute atomic E-state index is 0.0770. The van der Waals surface area contributed by atoms with Gasteiger partial charge in [-0.1, -0.05) is 107 Å². The van der Waals surface area contributed by atoms with E-state index in [2.05, 4.69) is 47.1 Å². The summed E-state index contributed by atoms with van der Waals surface area (Å²) in [6.07, 6.45) is 6.82. The Kier molecular flexibility index (Phi) is 31.1. The van der Waals surface area contributed by atoms with Crippen LogP contribution in [-0.2, 0) is 25.5 Å². The predicted molar refractivity (Wildman–Crippen MR) is 296 cm³/mol. The summed E-state index contributed by atoms with van der Waals surface area (Å²) in [5.74, 6) is 1.33. The van der Waals surface area contributed by atoms with E-state index in [4.69, 9.17) is 110 Å². The summed E-state index contributed by atoms with van der Waals surface area (Å²) in [6, 6.07) is 8.21. The zero-order valence-electron chi connectivity index (χ0n) is 37.9. The normalized spacial score (nSPS) is 10.1. The number of nitrogens with one attached hydrogen (secondary N) is 1. The van der Waals surface area contributed by atoms with Crippen LogP contribution in [0.2, 0.25) is 38.5 Å². The SMILES string of the molecule is CCN.CCN(Cc1cnc(Cl)s1)c1ccc([N+](=O)[O-])c(Cl)n1.CCN(Cc1cnc(Cl)s1)c1nc(Cl)ccc1[N+](=O)[O-].CCNCc1cnc(Cl)s1.ClCc1cnc(Cl)s1.O=[N+]([O-])c1ccc(Cl)nc1Cl. The van der Waals surface area contributed by atoms with Crippen LogP contribution in [0.15, 0.2) is 61.2 Å². The smallest absolute Gasteiger partial charge is 0.311 e. The number of nitro groups is 3. The summed E-state index contributed by atoms with van der Waals surface area (Å²) in [5, 5.41) is 35.2. The molecular formula is C39H41Cl9N14O6S4. The third kappa shape index (κ3) is 23.7. The molecule has 7 aromatic rings. The van der Waals surface area contributed by atoms with Crippen LogP contribution in [0.25, 0.3) is 0 Å². The summed E-state index contributed by atoms with van der Waals surface area (Å²) in [5.41, 5.74) is 4.33. The minimum Gasteiger partial charge on any atom is -0.352 e. The Labute approximate surface area is 473 Å². The van der Waals surface area contributed by atoms with Crippen LogP contribution in [0.5, 0.6) is 0 Å². The van der Waals surface area contributed by atoms with Gasteiger partial charge in [-0.25, -0.2) is 34.9 Å². The van der Waals surface area contributed by atoms with Gasteiger partial charge in [0.1, 0.15) is 16.1 Å². The molecule has 0 aliphatic carbocycles. The van der Waals surface area contributed by atoms with Gasteiger partial charge >= 0.3 is 17.1 Å². The monoisotopic (exact) mass is 1240 g/mol. The molecule has 0 fully saturated rings. The Hall–Kier alpha value is -3.70. The van der Waals surface area contributed by atoms with E-state index in [-0.39, 0.29) is 43.5 Å². The number of rotatable bonds is 15. The number of hydrogen-bond donors (Lipinski definition) is 2. The number of thiazole rings is 4. The van der Waals surface area contributed by atoms with Crippen LogP contribution in [0.3, 0.4) is 0 Å². The van der Waals surface area contributed by atoms with E-state index in [1.165, 1.54) is 80.6 Å². The van der Waals surface area contributed by atoms with Gasteiger partial charge in [0, 0.05) is 82.1 Å². The molecule has 20 nitrogen and oxygen atoms in total. The average molecular weight is 1250 g/mol. The van der Waals surface area contributed by atoms with Gasteiger partial charge in [0.05, 0.1) is 33.7 Å². The molecule has 0 saturated heterocycles. The molecule has 0 atom stereocenters. The van der Waals surface area contributed by atoms with Gasteiger partial charge in [-0.05, 0) is 45.1 Å². The van der Waals surface area contributed by atoms with Gasteiger partial charge < -0.3 is 20.9 Å². The van der Waals surface area contributed by atoms with Crippen molar-refractivity contribution < 1.29 is 14.8 Å². The van der Waals surface area contributed by atoms with Crippen LogP contribution in [0.1, 0.15) is 47.2 Å². The lowest BCUT2D eigenvalue weighted by molar-refractivity contribution is -0.385. The molecule has 0 aliphatic heterocycles. The van der Waals surface area contributed by atoms with E-state index in [0.29, 0.717) is 55.7 Å². The summed E-state index contributed by atoms with van der Waals surface area (Å²) >= 11 is 56.2. The maximum Gasteiger partial charge on any atom is 0.311 e. The second-order valence-electron chi connectivity index (χ2n) is 12.8. The highest BCUT2D eigenvalue weighted by Crippen LogP contribution is 2.31. The van der Waals surface area contributed by atoms with Gasteiger partial charge in [-0.2, -0.15) is 0 Å². The molecular weight excluding hydrogens is 1210 g/mol. The molecule has 0 bridgehead atoms. The van der Waals surface area contributed by atoms with Crippen molar-refractivity contribution in [2.75, 3.05) is 36.0 Å². The molecule has 0 unspecified atom stereocenters. The number of pyridine rings is 3. The van der Waals surface area contributed by atoms with Crippen molar-refractivity contribution >= 4 is 178 Å². The number of alkyl halides is 1. The lowest BCUT2D eigenvalue weighted by atomic mass is 10.3. The van der Waals surface area contributed by atoms with Crippen LogP contribution < -0.4 is 20.9 Å². The maximum absolute atomic E-state index is 11.1. The molecule has 0 aromatic carbocycles. The molecule has 390 valence electrons. The number of aromatic nitrogens is 7. The van der Waals surface area contributed by atoms with E-state index in [9.17, 15) is 30.3 Å². The largest absolute Gasteiger partial charge is 0.352 e. The van der Waals surface area contributed by atoms with Crippen molar-refractivity contribution in [2.24, 2.45) is 5.73 Å². The Morgan fingerprint density at radius 3 is 1.31 bits per heavy atom. The molecule has 0 radical (unpaired) electrons. The zero-order valence-corrected chi connectivity index (χ0v) is 47.9. The zero-order chi connectivity index (χ0) is 53.9. The maximum atomic E-state index is 11.1. The molecule has 33 heteroatoms. The van der Waals surface area contributed by atoms with Gasteiger partial charge in [-0.3, -0.25) is 30.3 Å². The van der Waals surface area contributed by atoms with Crippen LogP contribution >= 0.6 is 150 Å². The first-order chi connectivity index (χ1) is 34.2. The lowest BCUT2D eigenvalue weighted by Gasteiger charge is -2.20. The molecule has 3 N–H and O–H groups in total. The van der Waals surface area contributed by atoms with Gasteiger partial charge in [0.2, 0.25) is 16.1 Å². The standard InChI is InChI=1S/2C11H10Cl2N4O2S.C6H9ClN2S.C5H2Cl2N2O2.C4H3Cl2NS.C2H7N/c1-2-16(6-7-5-14-11(13)20-7)9-4-3-8(17(18)19)10(12)15-9;1-2-16(6-7-5-14-11(13)20-7)10-8(17(18)19)3-4-9(12)15-10;1-2-8-3-5-4-9-6(7)10-5;6-4-2-1-3(9(10)11)5(7)8-4;5-1-3-2-7-4(6)8-3;1-2-3/h2*3-5H,2,6H2,1H3;4,8H,2-3H2,1H3;1-2H;2H,1H2;2-3H2,1H3. The van der Waals surface area contributed by atoms with E-state index < -0.39 is 14.8 Å². The van der Waals surface area contributed by atoms with Gasteiger partial charge in [-0.15, -0.1) is 56.9 Å².